The zero-order valence-electron chi connectivity index (χ0n) is 18.2. The van der Waals surface area contributed by atoms with Gasteiger partial charge < -0.3 is 0 Å². The first kappa shape index (κ1) is 20.4. The average Bonchev–Trinajstić information content (AvgIpc) is 3.38. The number of pyridine rings is 1. The maximum absolute atomic E-state index is 14.0. The van der Waals surface area contributed by atoms with Gasteiger partial charge in [0, 0.05) is 22.9 Å². The molecular weight excluding hydrogens is 390 g/mol. The van der Waals surface area contributed by atoms with Gasteiger partial charge in [-0.05, 0) is 23.5 Å². The maximum Gasteiger partial charge on any atom is 0.195 e. The monoisotopic (exact) mass is 417 g/mol. The molecule has 0 spiro atoms. The minimum Gasteiger partial charge on any atom is -0.289 e. The van der Waals surface area contributed by atoms with Crippen LogP contribution in [0.4, 0.5) is 0 Å². The average molecular weight is 418 g/mol. The number of carbonyl (C=O) groups is 1. The van der Waals surface area contributed by atoms with Gasteiger partial charge in [0.15, 0.2) is 5.78 Å². The molecule has 0 bridgehead atoms. The van der Waals surface area contributed by atoms with E-state index in [2.05, 4.69) is 24.3 Å². The molecule has 5 rings (SSSR count). The summed E-state index contributed by atoms with van der Waals surface area (Å²) in [7, 11) is 0. The second-order valence-electron chi connectivity index (χ2n) is 8.65. The van der Waals surface area contributed by atoms with Crippen molar-refractivity contribution in [2.45, 2.75) is 32.1 Å². The molecule has 2 nitrogen and oxygen atoms in total. The van der Waals surface area contributed by atoms with Crippen LogP contribution in [0.3, 0.4) is 0 Å². The molecule has 0 amide bonds. The molecule has 0 atom stereocenters. The molecule has 158 valence electrons. The number of hydrogen-bond donors (Lipinski definition) is 0. The highest BCUT2D eigenvalue weighted by Gasteiger charge is 2.26. The van der Waals surface area contributed by atoms with Gasteiger partial charge in [0.2, 0.25) is 0 Å². The number of aromatic nitrogens is 1. The first-order valence-electron chi connectivity index (χ1n) is 11.5. The Bertz CT molecular complexity index is 1190. The number of ketones is 1. The van der Waals surface area contributed by atoms with Crippen molar-refractivity contribution in [1.29, 1.82) is 0 Å². The van der Waals surface area contributed by atoms with E-state index in [4.69, 9.17) is 4.98 Å². The third-order valence-electron chi connectivity index (χ3n) is 6.52. The Morgan fingerprint density at radius 2 is 1.31 bits per heavy atom. The molecule has 1 aliphatic rings. The Morgan fingerprint density at radius 1 is 0.750 bits per heavy atom. The van der Waals surface area contributed by atoms with Gasteiger partial charge in [-0.2, -0.15) is 0 Å². The van der Waals surface area contributed by atoms with Gasteiger partial charge in [0.25, 0.3) is 0 Å². The molecule has 0 aliphatic heterocycles. The lowest BCUT2D eigenvalue weighted by Gasteiger charge is -2.20. The highest BCUT2D eigenvalue weighted by atomic mass is 16.1. The van der Waals surface area contributed by atoms with Crippen molar-refractivity contribution in [1.82, 2.24) is 4.98 Å². The van der Waals surface area contributed by atoms with Gasteiger partial charge >= 0.3 is 0 Å². The number of hydrogen-bond acceptors (Lipinski definition) is 2. The summed E-state index contributed by atoms with van der Waals surface area (Å²) in [5, 5.41) is 0. The Morgan fingerprint density at radius 3 is 1.94 bits per heavy atom. The van der Waals surface area contributed by atoms with E-state index in [1.807, 2.05) is 72.9 Å². The summed E-state index contributed by atoms with van der Waals surface area (Å²) < 4.78 is 0. The van der Waals surface area contributed by atoms with E-state index in [0.29, 0.717) is 11.5 Å². The molecule has 2 heteroatoms. The maximum atomic E-state index is 14.0. The van der Waals surface area contributed by atoms with E-state index in [9.17, 15) is 4.79 Å². The molecule has 3 aromatic carbocycles. The second-order valence-corrected chi connectivity index (χ2v) is 8.65. The quantitative estimate of drug-likeness (QED) is 0.306. The summed E-state index contributed by atoms with van der Waals surface area (Å²) >= 11 is 0. The van der Waals surface area contributed by atoms with Crippen molar-refractivity contribution < 1.29 is 4.79 Å². The van der Waals surface area contributed by atoms with E-state index in [1.165, 1.54) is 25.7 Å². The first-order chi connectivity index (χ1) is 15.8. The lowest BCUT2D eigenvalue weighted by Crippen LogP contribution is -2.13. The molecule has 32 heavy (non-hydrogen) atoms. The SMILES string of the molecule is O=C(c1ccccc1)c1c(CC2CCCC2)ncc(-c2ccccc2)c1-c1ccccc1. The zero-order chi connectivity index (χ0) is 21.8. The van der Waals surface area contributed by atoms with Crippen LogP contribution in [0.1, 0.15) is 47.3 Å². The van der Waals surface area contributed by atoms with Gasteiger partial charge in [-0.1, -0.05) is 117 Å². The molecule has 0 unspecified atom stereocenters. The fourth-order valence-corrected chi connectivity index (χ4v) is 4.91. The minimum absolute atomic E-state index is 0.0581. The second kappa shape index (κ2) is 9.32. The van der Waals surface area contributed by atoms with Crippen LogP contribution in [0.25, 0.3) is 22.3 Å². The number of rotatable bonds is 6. The Labute approximate surface area is 190 Å². The number of carbonyl (C=O) groups excluding carboxylic acids is 1. The lowest BCUT2D eigenvalue weighted by atomic mass is 9.85. The predicted molar refractivity (Wildman–Crippen MR) is 131 cm³/mol. The van der Waals surface area contributed by atoms with Crippen LogP contribution in [0, 0.1) is 5.92 Å². The summed E-state index contributed by atoms with van der Waals surface area (Å²) in [6.45, 7) is 0. The fourth-order valence-electron chi connectivity index (χ4n) is 4.91. The molecule has 1 fully saturated rings. The van der Waals surface area contributed by atoms with Crippen molar-refractivity contribution in [3.63, 3.8) is 0 Å². The van der Waals surface area contributed by atoms with Gasteiger partial charge in [-0.15, -0.1) is 0 Å². The first-order valence-corrected chi connectivity index (χ1v) is 11.5. The predicted octanol–water partition coefficient (Wildman–Crippen LogP) is 7.38. The number of nitrogens with zero attached hydrogens (tertiary/aromatic N) is 1. The Kier molecular flexibility index (Phi) is 5.93. The van der Waals surface area contributed by atoms with Crippen LogP contribution < -0.4 is 0 Å². The molecule has 1 saturated carbocycles. The Hall–Kier alpha value is -3.52. The van der Waals surface area contributed by atoms with Crippen molar-refractivity contribution in [2.24, 2.45) is 5.92 Å². The third-order valence-corrected chi connectivity index (χ3v) is 6.52. The van der Waals surface area contributed by atoms with Gasteiger partial charge in [-0.3, -0.25) is 9.78 Å². The molecule has 0 N–H and O–H groups in total. The van der Waals surface area contributed by atoms with E-state index in [1.54, 1.807) is 0 Å². The molecular formula is C30H27NO. The smallest absolute Gasteiger partial charge is 0.195 e. The summed E-state index contributed by atoms with van der Waals surface area (Å²) in [5.74, 6) is 0.666. The molecule has 4 aromatic rings. The molecule has 1 aliphatic carbocycles. The Balaban J connectivity index is 1.76. The summed E-state index contributed by atoms with van der Waals surface area (Å²) in [6, 6.07) is 30.2. The fraction of sp³-hybridized carbons (Fsp3) is 0.200. The van der Waals surface area contributed by atoms with Crippen molar-refractivity contribution in [2.75, 3.05) is 0 Å². The molecule has 1 aromatic heterocycles. The van der Waals surface area contributed by atoms with Crippen LogP contribution in [-0.2, 0) is 6.42 Å². The highest BCUT2D eigenvalue weighted by molar-refractivity contribution is 6.15. The van der Waals surface area contributed by atoms with Crippen LogP contribution in [-0.4, -0.2) is 10.8 Å². The molecule has 0 radical (unpaired) electrons. The summed E-state index contributed by atoms with van der Waals surface area (Å²) in [5.41, 5.74) is 6.54. The van der Waals surface area contributed by atoms with Crippen LogP contribution in [0.15, 0.2) is 97.2 Å². The van der Waals surface area contributed by atoms with Crippen molar-refractivity contribution in [3.8, 4) is 22.3 Å². The normalized spacial score (nSPS) is 13.9. The third kappa shape index (κ3) is 4.13. The van der Waals surface area contributed by atoms with Crippen LogP contribution >= 0.6 is 0 Å². The van der Waals surface area contributed by atoms with Crippen molar-refractivity contribution >= 4 is 5.78 Å². The number of benzene rings is 3. The van der Waals surface area contributed by atoms with Crippen LogP contribution in [0.2, 0.25) is 0 Å². The van der Waals surface area contributed by atoms with Gasteiger partial charge in [-0.25, -0.2) is 0 Å². The lowest BCUT2D eigenvalue weighted by molar-refractivity contribution is 0.103. The van der Waals surface area contributed by atoms with E-state index < -0.39 is 0 Å². The molecule has 0 saturated heterocycles. The summed E-state index contributed by atoms with van der Waals surface area (Å²) in [4.78, 5) is 18.9. The van der Waals surface area contributed by atoms with E-state index in [-0.39, 0.29) is 5.78 Å². The van der Waals surface area contributed by atoms with Gasteiger partial charge in [0.05, 0.1) is 11.3 Å². The van der Waals surface area contributed by atoms with Gasteiger partial charge in [0.1, 0.15) is 0 Å². The minimum atomic E-state index is 0.0581. The van der Waals surface area contributed by atoms with E-state index >= 15 is 0 Å². The standard InChI is InChI=1S/C30H27NO/c32-30(25-18-8-3-9-19-25)29-27(20-22-12-10-11-13-22)31-21-26(23-14-4-1-5-15-23)28(29)24-16-6-2-7-17-24/h1-9,14-19,21-22H,10-13,20H2. The zero-order valence-corrected chi connectivity index (χ0v) is 18.2. The van der Waals surface area contributed by atoms with E-state index in [0.717, 1.165) is 39.9 Å². The highest BCUT2D eigenvalue weighted by Crippen LogP contribution is 2.38. The largest absolute Gasteiger partial charge is 0.289 e. The van der Waals surface area contributed by atoms with Crippen LogP contribution in [0.5, 0.6) is 0 Å². The van der Waals surface area contributed by atoms with Crippen molar-refractivity contribution in [3.05, 3.63) is 114 Å². The topological polar surface area (TPSA) is 30.0 Å². The molecule has 1 heterocycles. The summed E-state index contributed by atoms with van der Waals surface area (Å²) in [6.07, 6.45) is 7.84.